The maximum atomic E-state index is 10.9. The second-order valence-corrected chi connectivity index (χ2v) is 5.82. The number of carboxylic acid groups (broad SMARTS) is 1. The highest BCUT2D eigenvalue weighted by Crippen LogP contribution is 2.27. The van der Waals surface area contributed by atoms with E-state index in [9.17, 15) is 4.79 Å². The molecule has 1 aromatic carbocycles. The van der Waals surface area contributed by atoms with Crippen LogP contribution >= 0.6 is 15.9 Å². The van der Waals surface area contributed by atoms with Gasteiger partial charge >= 0.3 is 5.97 Å². The number of rotatable bonds is 6. The van der Waals surface area contributed by atoms with E-state index >= 15 is 0 Å². The second kappa shape index (κ2) is 6.80. The summed E-state index contributed by atoms with van der Waals surface area (Å²) in [7, 11) is 0. The van der Waals surface area contributed by atoms with Crippen LogP contribution in [0.3, 0.4) is 0 Å². The Morgan fingerprint density at radius 2 is 2.24 bits per heavy atom. The van der Waals surface area contributed by atoms with Crippen molar-refractivity contribution in [2.24, 2.45) is 5.92 Å². The fourth-order valence-electron chi connectivity index (χ4n) is 2.20. The number of nitrogens with zero attached hydrogens (tertiary/aromatic N) is 4. The van der Waals surface area contributed by atoms with Gasteiger partial charge in [0.1, 0.15) is 0 Å². The molecule has 1 N–H and O–H groups in total. The number of carboxylic acids is 1. The van der Waals surface area contributed by atoms with Gasteiger partial charge in [-0.3, -0.25) is 4.79 Å². The van der Waals surface area contributed by atoms with Crippen LogP contribution in [0.25, 0.3) is 11.4 Å². The molecule has 0 bridgehead atoms. The number of tetrazole rings is 1. The first-order valence-electron chi connectivity index (χ1n) is 6.76. The van der Waals surface area contributed by atoms with E-state index in [0.717, 1.165) is 22.0 Å². The molecule has 0 aliphatic heterocycles. The summed E-state index contributed by atoms with van der Waals surface area (Å²) < 4.78 is 2.68. The van der Waals surface area contributed by atoms with E-state index < -0.39 is 5.97 Å². The Morgan fingerprint density at radius 3 is 2.90 bits per heavy atom. The molecule has 0 saturated heterocycles. The van der Waals surface area contributed by atoms with Crippen molar-refractivity contribution >= 4 is 21.9 Å². The summed E-state index contributed by atoms with van der Waals surface area (Å²) in [5, 5.41) is 20.8. The zero-order chi connectivity index (χ0) is 15.4. The van der Waals surface area contributed by atoms with Crippen LogP contribution in [0.15, 0.2) is 22.7 Å². The van der Waals surface area contributed by atoms with Crippen molar-refractivity contribution < 1.29 is 9.90 Å². The Labute approximate surface area is 131 Å². The van der Waals surface area contributed by atoms with Gasteiger partial charge in [0, 0.05) is 23.0 Å². The summed E-state index contributed by atoms with van der Waals surface area (Å²) >= 11 is 3.50. The van der Waals surface area contributed by atoms with Crippen molar-refractivity contribution in [2.75, 3.05) is 0 Å². The summed E-state index contributed by atoms with van der Waals surface area (Å²) in [6.45, 7) is 4.46. The molecule has 21 heavy (non-hydrogen) atoms. The van der Waals surface area contributed by atoms with E-state index in [0.29, 0.717) is 12.4 Å². The van der Waals surface area contributed by atoms with E-state index in [2.05, 4.69) is 31.5 Å². The van der Waals surface area contributed by atoms with Gasteiger partial charge in [-0.15, -0.1) is 5.10 Å². The molecular weight excluding hydrogens is 336 g/mol. The number of halogens is 1. The van der Waals surface area contributed by atoms with Crippen LogP contribution in [-0.2, 0) is 11.3 Å². The highest BCUT2D eigenvalue weighted by Gasteiger charge is 2.17. The average Bonchev–Trinajstić information content (AvgIpc) is 2.88. The standard InChI is InChI=1S/C14H17BrN4O2/c1-3-10(7-13(20)21)8-19-14(16-17-18-19)11-5-4-6-12(15)9(11)2/h4-6,10H,3,7-8H2,1-2H3,(H,20,21). The van der Waals surface area contributed by atoms with Crippen molar-refractivity contribution in [2.45, 2.75) is 33.2 Å². The predicted molar refractivity (Wildman–Crippen MR) is 81.7 cm³/mol. The molecule has 112 valence electrons. The SMILES string of the molecule is CCC(CC(=O)O)Cn1nnnc1-c1cccc(Br)c1C. The van der Waals surface area contributed by atoms with Crippen molar-refractivity contribution in [3.63, 3.8) is 0 Å². The fourth-order valence-corrected chi connectivity index (χ4v) is 2.57. The maximum Gasteiger partial charge on any atom is 0.303 e. The van der Waals surface area contributed by atoms with Gasteiger partial charge in [-0.25, -0.2) is 4.68 Å². The lowest BCUT2D eigenvalue weighted by Crippen LogP contribution is -2.16. The van der Waals surface area contributed by atoms with E-state index in [-0.39, 0.29) is 12.3 Å². The van der Waals surface area contributed by atoms with Gasteiger partial charge in [0.05, 0.1) is 0 Å². The van der Waals surface area contributed by atoms with E-state index in [1.807, 2.05) is 32.0 Å². The minimum atomic E-state index is -0.796. The van der Waals surface area contributed by atoms with Crippen molar-refractivity contribution in [3.8, 4) is 11.4 Å². The Bertz CT molecular complexity index is 642. The molecule has 0 saturated carbocycles. The first kappa shape index (κ1) is 15.6. The van der Waals surface area contributed by atoms with Crippen LogP contribution in [0.1, 0.15) is 25.3 Å². The summed E-state index contributed by atoms with van der Waals surface area (Å²) in [5.41, 5.74) is 2.00. The zero-order valence-corrected chi connectivity index (χ0v) is 13.5. The number of benzene rings is 1. The molecule has 1 atom stereocenters. The van der Waals surface area contributed by atoms with E-state index in [4.69, 9.17) is 5.11 Å². The first-order valence-corrected chi connectivity index (χ1v) is 7.55. The third-order valence-corrected chi connectivity index (χ3v) is 4.37. The minimum Gasteiger partial charge on any atom is -0.481 e. The van der Waals surface area contributed by atoms with Crippen molar-refractivity contribution in [1.29, 1.82) is 0 Å². The van der Waals surface area contributed by atoms with Gasteiger partial charge < -0.3 is 5.11 Å². The Balaban J connectivity index is 2.30. The monoisotopic (exact) mass is 352 g/mol. The Morgan fingerprint density at radius 1 is 1.48 bits per heavy atom. The van der Waals surface area contributed by atoms with Crippen LogP contribution in [-0.4, -0.2) is 31.3 Å². The number of aliphatic carboxylic acids is 1. The highest BCUT2D eigenvalue weighted by molar-refractivity contribution is 9.10. The number of carbonyl (C=O) groups is 1. The summed E-state index contributed by atoms with van der Waals surface area (Å²) in [4.78, 5) is 10.9. The molecule has 0 radical (unpaired) electrons. The molecular formula is C14H17BrN4O2. The highest BCUT2D eigenvalue weighted by atomic mass is 79.9. The molecule has 0 aliphatic carbocycles. The van der Waals surface area contributed by atoms with Crippen LogP contribution < -0.4 is 0 Å². The maximum absolute atomic E-state index is 10.9. The normalized spacial score (nSPS) is 12.3. The van der Waals surface area contributed by atoms with Crippen LogP contribution in [0, 0.1) is 12.8 Å². The summed E-state index contributed by atoms with van der Waals surface area (Å²) in [6, 6.07) is 5.85. The third kappa shape index (κ3) is 3.66. The molecule has 7 heteroatoms. The molecule has 2 rings (SSSR count). The van der Waals surface area contributed by atoms with E-state index in [1.54, 1.807) is 4.68 Å². The van der Waals surface area contributed by atoms with Gasteiger partial charge in [0.25, 0.3) is 0 Å². The molecule has 0 amide bonds. The van der Waals surface area contributed by atoms with Crippen LogP contribution in [0.4, 0.5) is 0 Å². The number of hydrogen-bond donors (Lipinski definition) is 1. The molecule has 0 aliphatic rings. The van der Waals surface area contributed by atoms with Gasteiger partial charge in [-0.1, -0.05) is 41.4 Å². The molecule has 1 heterocycles. The Kier molecular flexibility index (Phi) is 5.06. The Hall–Kier alpha value is -1.76. The third-order valence-electron chi connectivity index (χ3n) is 3.51. The molecule has 6 nitrogen and oxygen atoms in total. The second-order valence-electron chi connectivity index (χ2n) is 4.97. The van der Waals surface area contributed by atoms with Gasteiger partial charge in [-0.05, 0) is 34.9 Å². The van der Waals surface area contributed by atoms with Crippen LogP contribution in [0.2, 0.25) is 0 Å². The van der Waals surface area contributed by atoms with Crippen LogP contribution in [0.5, 0.6) is 0 Å². The lowest BCUT2D eigenvalue weighted by atomic mass is 10.0. The first-order chi connectivity index (χ1) is 10.0. The lowest BCUT2D eigenvalue weighted by molar-refractivity contribution is -0.138. The number of aromatic nitrogens is 4. The van der Waals surface area contributed by atoms with Gasteiger partial charge in [-0.2, -0.15) is 0 Å². The topological polar surface area (TPSA) is 80.9 Å². The molecule has 2 aromatic rings. The molecule has 0 fully saturated rings. The quantitative estimate of drug-likeness (QED) is 0.864. The average molecular weight is 353 g/mol. The smallest absolute Gasteiger partial charge is 0.303 e. The van der Waals surface area contributed by atoms with Gasteiger partial charge in [0.2, 0.25) is 0 Å². The predicted octanol–water partition coefficient (Wildman–Crippen LogP) is 2.91. The fraction of sp³-hybridized carbons (Fsp3) is 0.429. The minimum absolute atomic E-state index is 0.0113. The largest absolute Gasteiger partial charge is 0.481 e. The van der Waals surface area contributed by atoms with Gasteiger partial charge in [0.15, 0.2) is 5.82 Å². The zero-order valence-electron chi connectivity index (χ0n) is 12.0. The molecule has 0 spiro atoms. The lowest BCUT2D eigenvalue weighted by Gasteiger charge is -2.14. The molecule has 1 unspecified atom stereocenters. The molecule has 1 aromatic heterocycles. The van der Waals surface area contributed by atoms with E-state index in [1.165, 1.54) is 0 Å². The summed E-state index contributed by atoms with van der Waals surface area (Å²) in [6.07, 6.45) is 0.885. The van der Waals surface area contributed by atoms with Crippen molar-refractivity contribution in [1.82, 2.24) is 20.2 Å². The number of hydrogen-bond acceptors (Lipinski definition) is 4. The summed E-state index contributed by atoms with van der Waals surface area (Å²) in [5.74, 6) is -0.120. The van der Waals surface area contributed by atoms with Crippen molar-refractivity contribution in [3.05, 3.63) is 28.2 Å².